The van der Waals surface area contributed by atoms with Crippen LogP contribution >= 0.6 is 0 Å². The Kier molecular flexibility index (Phi) is 6.74. The molecule has 1 fully saturated rings. The average Bonchev–Trinajstić information content (AvgIpc) is 3.65. The Hall–Kier alpha value is -7.42. The van der Waals surface area contributed by atoms with Crippen molar-refractivity contribution in [3.05, 3.63) is 210 Å². The summed E-state index contributed by atoms with van der Waals surface area (Å²) in [5, 5.41) is 14.6. The summed E-state index contributed by atoms with van der Waals surface area (Å²) >= 11 is 0. The first kappa shape index (κ1) is 33.5. The van der Waals surface area contributed by atoms with E-state index in [1.54, 1.807) is 0 Å². The van der Waals surface area contributed by atoms with E-state index in [1.807, 2.05) is 0 Å². The van der Waals surface area contributed by atoms with Crippen molar-refractivity contribution in [2.45, 2.75) is 18.8 Å². The minimum absolute atomic E-state index is 0.270. The minimum atomic E-state index is -0.572. The molecule has 0 spiro atoms. The summed E-state index contributed by atoms with van der Waals surface area (Å²) in [6.45, 7) is 2.16. The van der Waals surface area contributed by atoms with Crippen LogP contribution < -0.4 is 0 Å². The molecule has 0 N–H and O–H groups in total. The average molecular weight is 765 g/mol. The number of ketones is 2. The normalized spacial score (nSPS) is 19.4. The molecular formula is C58H36O2. The Morgan fingerprint density at radius 3 is 1.23 bits per heavy atom. The van der Waals surface area contributed by atoms with E-state index in [2.05, 4.69) is 195 Å². The van der Waals surface area contributed by atoms with E-state index >= 15 is 0 Å². The molecule has 2 heteroatoms. The van der Waals surface area contributed by atoms with Gasteiger partial charge in [-0.15, -0.1) is 0 Å². The molecule has 60 heavy (non-hydrogen) atoms. The van der Waals surface area contributed by atoms with E-state index in [4.69, 9.17) is 0 Å². The lowest BCUT2D eigenvalue weighted by molar-refractivity contribution is -0.141. The number of benzene rings is 10. The summed E-state index contributed by atoms with van der Waals surface area (Å²) in [4.78, 5) is 27.8. The first-order chi connectivity index (χ1) is 29.3. The van der Waals surface area contributed by atoms with E-state index in [9.17, 15) is 9.59 Å². The van der Waals surface area contributed by atoms with E-state index in [1.165, 1.54) is 75.8 Å². The molecule has 3 unspecified atom stereocenters. The Labute approximate surface area is 346 Å². The molecule has 4 aliphatic carbocycles. The van der Waals surface area contributed by atoms with Crippen LogP contribution in [0.25, 0.3) is 92.5 Å². The second-order valence-corrected chi connectivity index (χ2v) is 17.4. The number of carbonyl (C=O) groups is 2. The molecule has 0 radical (unpaired) electrons. The molecule has 10 aromatic rings. The Bertz CT molecular complexity index is 3680. The summed E-state index contributed by atoms with van der Waals surface area (Å²) < 4.78 is 0. The van der Waals surface area contributed by atoms with Gasteiger partial charge in [-0.2, -0.15) is 0 Å². The van der Waals surface area contributed by atoms with Crippen molar-refractivity contribution < 1.29 is 9.59 Å². The monoisotopic (exact) mass is 764 g/mol. The number of carbonyl (C=O) groups excluding carboxylic acids is 2. The van der Waals surface area contributed by atoms with Crippen molar-refractivity contribution in [3.63, 3.8) is 0 Å². The molecule has 0 heterocycles. The summed E-state index contributed by atoms with van der Waals surface area (Å²) in [5.74, 6) is -1.66. The van der Waals surface area contributed by atoms with Crippen molar-refractivity contribution >= 4 is 81.8 Å². The van der Waals surface area contributed by atoms with Crippen LogP contribution in [0.3, 0.4) is 0 Å². The molecule has 0 amide bonds. The van der Waals surface area contributed by atoms with Crippen molar-refractivity contribution in [1.29, 1.82) is 0 Å². The van der Waals surface area contributed by atoms with Crippen LogP contribution in [-0.2, 0) is 9.59 Å². The van der Waals surface area contributed by atoms with Gasteiger partial charge in [-0.05, 0) is 175 Å². The Morgan fingerprint density at radius 1 is 0.367 bits per heavy atom. The van der Waals surface area contributed by atoms with Crippen LogP contribution in [0.1, 0.15) is 35.4 Å². The summed E-state index contributed by atoms with van der Waals surface area (Å²) in [6.07, 6.45) is 4.46. The van der Waals surface area contributed by atoms with Gasteiger partial charge in [0.15, 0.2) is 0 Å². The second-order valence-electron chi connectivity index (χ2n) is 17.4. The third kappa shape index (κ3) is 4.82. The lowest BCUT2D eigenvalue weighted by atomic mass is 9.52. The maximum atomic E-state index is 14.0. The van der Waals surface area contributed by atoms with E-state index in [0.717, 1.165) is 39.0 Å². The molecule has 0 saturated heterocycles. The maximum Gasteiger partial charge on any atom is 0.210 e. The van der Waals surface area contributed by atoms with Crippen LogP contribution in [0.5, 0.6) is 0 Å². The molecule has 10 aromatic carbocycles. The number of hydrogen-bond donors (Lipinski definition) is 0. The fraction of sp³-hybridized carbons (Fsp3) is 0.0690. The molecule has 2 bridgehead atoms. The fourth-order valence-electron chi connectivity index (χ4n) is 10.9. The topological polar surface area (TPSA) is 34.1 Å². The molecule has 4 aliphatic rings. The number of rotatable bonds is 3. The molecule has 14 rings (SSSR count). The van der Waals surface area contributed by atoms with Crippen molar-refractivity contribution in [1.82, 2.24) is 0 Å². The van der Waals surface area contributed by atoms with E-state index in [-0.39, 0.29) is 11.6 Å². The fourth-order valence-corrected chi connectivity index (χ4v) is 10.9. The highest BCUT2D eigenvalue weighted by molar-refractivity contribution is 6.45. The van der Waals surface area contributed by atoms with Crippen LogP contribution in [0.15, 0.2) is 194 Å². The minimum Gasteiger partial charge on any atom is -0.290 e. The third-order valence-electron chi connectivity index (χ3n) is 14.0. The van der Waals surface area contributed by atoms with Gasteiger partial charge in [-0.3, -0.25) is 9.59 Å². The van der Waals surface area contributed by atoms with Gasteiger partial charge in [0.2, 0.25) is 11.6 Å². The van der Waals surface area contributed by atoms with Gasteiger partial charge in [-0.1, -0.05) is 134 Å². The number of fused-ring (bicyclic) bond motifs is 7. The lowest BCUT2D eigenvalue weighted by Crippen LogP contribution is -2.49. The molecule has 0 aromatic heterocycles. The number of allylic oxidation sites excluding steroid dienone is 4. The highest BCUT2D eigenvalue weighted by Crippen LogP contribution is 2.63. The van der Waals surface area contributed by atoms with Crippen molar-refractivity contribution in [3.8, 4) is 22.3 Å². The van der Waals surface area contributed by atoms with Crippen LogP contribution in [0, 0.1) is 5.41 Å². The number of hydrogen-bond acceptors (Lipinski definition) is 2. The van der Waals surface area contributed by atoms with Gasteiger partial charge in [0.25, 0.3) is 0 Å². The highest BCUT2D eigenvalue weighted by Gasteiger charge is 2.60. The smallest absolute Gasteiger partial charge is 0.210 e. The largest absolute Gasteiger partial charge is 0.290 e. The SMILES string of the molecule is CC12C=C(c3ccc4cc5ccccc5cc4c3)C=C1C1C(=O)C(=O)C2c2cc(-c3ccc4cc5cc(-c6ccc7cc8ccccc8cc7c6)ccc5cc4c3)ccc21. The maximum absolute atomic E-state index is 14.0. The predicted octanol–water partition coefficient (Wildman–Crippen LogP) is 14.3. The van der Waals surface area contributed by atoms with Crippen molar-refractivity contribution in [2.24, 2.45) is 5.41 Å². The van der Waals surface area contributed by atoms with Crippen LogP contribution in [-0.4, -0.2) is 11.6 Å². The standard InChI is InChI=1S/C58H36O2/c1-58-32-50(44-17-16-41-21-34-7-3-5-9-36(34)23-47(41)29-44)31-53(58)54-51-19-18-45(30-52(51)55(58)57(60)56(54)59)39-12-15-43-27-48-25-38(11-14-42(48)28-49(43)26-39)37-10-13-40-20-33-6-2-4-8-35(33)22-46(40)24-37/h2-32,54-55H,1H3. The lowest BCUT2D eigenvalue weighted by Gasteiger charge is -2.48. The van der Waals surface area contributed by atoms with E-state index < -0.39 is 17.3 Å². The molecule has 0 aliphatic heterocycles. The summed E-state index contributed by atoms with van der Waals surface area (Å²) in [7, 11) is 0. The summed E-state index contributed by atoms with van der Waals surface area (Å²) in [5.41, 5.74) is 9.17. The molecular weight excluding hydrogens is 729 g/mol. The zero-order valence-corrected chi connectivity index (χ0v) is 32.9. The first-order valence-corrected chi connectivity index (χ1v) is 20.9. The quantitative estimate of drug-likeness (QED) is 0.133. The van der Waals surface area contributed by atoms with Gasteiger partial charge >= 0.3 is 0 Å². The predicted molar refractivity (Wildman–Crippen MR) is 248 cm³/mol. The highest BCUT2D eigenvalue weighted by atomic mass is 16.2. The van der Waals surface area contributed by atoms with Gasteiger partial charge in [-0.25, -0.2) is 0 Å². The van der Waals surface area contributed by atoms with Crippen molar-refractivity contribution in [2.75, 3.05) is 0 Å². The summed E-state index contributed by atoms with van der Waals surface area (Å²) in [6, 6.07) is 63.8. The molecule has 3 atom stereocenters. The molecule has 1 saturated carbocycles. The van der Waals surface area contributed by atoms with Gasteiger partial charge in [0, 0.05) is 5.41 Å². The van der Waals surface area contributed by atoms with Crippen LogP contribution in [0.4, 0.5) is 0 Å². The third-order valence-corrected chi connectivity index (χ3v) is 14.0. The zero-order valence-electron chi connectivity index (χ0n) is 32.9. The number of Topliss-reactive ketones (excluding diaryl/α,β-unsaturated/α-hetero) is 2. The van der Waals surface area contributed by atoms with Gasteiger partial charge < -0.3 is 0 Å². The van der Waals surface area contributed by atoms with Gasteiger partial charge in [0.05, 0.1) is 11.8 Å². The van der Waals surface area contributed by atoms with E-state index in [0.29, 0.717) is 0 Å². The Balaban J connectivity index is 0.846. The van der Waals surface area contributed by atoms with Gasteiger partial charge in [0.1, 0.15) is 0 Å². The molecule has 280 valence electrons. The second kappa shape index (κ2) is 12.1. The van der Waals surface area contributed by atoms with Crippen LogP contribution in [0.2, 0.25) is 0 Å². The zero-order chi connectivity index (χ0) is 39.9. The first-order valence-electron chi connectivity index (χ1n) is 20.9. The molecule has 2 nitrogen and oxygen atoms in total. The Morgan fingerprint density at radius 2 is 0.750 bits per heavy atom.